The van der Waals surface area contributed by atoms with Gasteiger partial charge < -0.3 is 15.3 Å². The van der Waals surface area contributed by atoms with Gasteiger partial charge in [0.05, 0.1) is 0 Å². The quantitative estimate of drug-likeness (QED) is 0.755. The molecule has 1 rings (SSSR count). The lowest BCUT2D eigenvalue weighted by Crippen LogP contribution is -2.31. The SMILES string of the molecule is CN(C)CCNC(=O)c1c[c]c(O)cc1. The van der Waals surface area contributed by atoms with E-state index in [1.54, 1.807) is 6.07 Å². The molecule has 0 bridgehead atoms. The number of nitrogens with zero attached hydrogens (tertiary/aromatic N) is 1. The molecule has 0 saturated carbocycles. The predicted molar refractivity (Wildman–Crippen MR) is 57.8 cm³/mol. The summed E-state index contributed by atoms with van der Waals surface area (Å²) in [5, 5.41) is 11.8. The van der Waals surface area contributed by atoms with E-state index in [1.165, 1.54) is 12.1 Å². The lowest BCUT2D eigenvalue weighted by molar-refractivity contribution is 0.0951. The molecule has 0 unspecified atom stereocenters. The third-order valence-corrected chi connectivity index (χ3v) is 1.90. The number of carbonyl (C=O) groups excluding carboxylic acids is 1. The largest absolute Gasteiger partial charge is 0.507 e. The van der Waals surface area contributed by atoms with E-state index in [4.69, 9.17) is 5.11 Å². The van der Waals surface area contributed by atoms with E-state index < -0.39 is 0 Å². The highest BCUT2D eigenvalue weighted by Crippen LogP contribution is 2.08. The van der Waals surface area contributed by atoms with Gasteiger partial charge in [-0.25, -0.2) is 0 Å². The Morgan fingerprint density at radius 3 is 2.80 bits per heavy atom. The molecule has 1 aromatic rings. The van der Waals surface area contributed by atoms with Crippen LogP contribution in [0, 0.1) is 6.07 Å². The lowest BCUT2D eigenvalue weighted by Gasteiger charge is -2.10. The summed E-state index contributed by atoms with van der Waals surface area (Å²) in [6.45, 7) is 1.40. The number of benzene rings is 1. The Morgan fingerprint density at radius 2 is 2.27 bits per heavy atom. The van der Waals surface area contributed by atoms with Crippen molar-refractivity contribution >= 4 is 5.91 Å². The number of likely N-dealkylation sites (N-methyl/N-ethyl adjacent to an activating group) is 1. The monoisotopic (exact) mass is 207 g/mol. The van der Waals surface area contributed by atoms with Gasteiger partial charge in [-0.1, -0.05) is 0 Å². The number of nitrogens with one attached hydrogen (secondary N) is 1. The van der Waals surface area contributed by atoms with Crippen molar-refractivity contribution in [3.8, 4) is 5.75 Å². The van der Waals surface area contributed by atoms with Crippen LogP contribution < -0.4 is 5.32 Å². The molecule has 0 spiro atoms. The third kappa shape index (κ3) is 3.99. The van der Waals surface area contributed by atoms with Crippen molar-refractivity contribution in [3.63, 3.8) is 0 Å². The van der Waals surface area contributed by atoms with Crippen LogP contribution in [-0.4, -0.2) is 43.1 Å². The van der Waals surface area contributed by atoms with Crippen LogP contribution in [0.15, 0.2) is 18.2 Å². The summed E-state index contributed by atoms with van der Waals surface area (Å²) in [7, 11) is 3.89. The number of hydrogen-bond acceptors (Lipinski definition) is 3. The summed E-state index contributed by atoms with van der Waals surface area (Å²) < 4.78 is 0. The molecule has 0 fully saturated rings. The molecule has 2 N–H and O–H groups in total. The standard InChI is InChI=1S/C11H15N2O2/c1-13(2)8-7-12-11(15)9-3-5-10(14)6-4-9/h3-5,14H,7-8H2,1-2H3,(H,12,15). The zero-order chi connectivity index (χ0) is 11.3. The fourth-order valence-corrected chi connectivity index (χ4v) is 1.05. The summed E-state index contributed by atoms with van der Waals surface area (Å²) in [5.41, 5.74) is 0.506. The van der Waals surface area contributed by atoms with Gasteiger partial charge in [0.2, 0.25) is 0 Å². The topological polar surface area (TPSA) is 52.6 Å². The molecule has 0 aromatic heterocycles. The van der Waals surface area contributed by atoms with E-state index in [-0.39, 0.29) is 11.7 Å². The number of rotatable bonds is 4. The first kappa shape index (κ1) is 11.5. The highest BCUT2D eigenvalue weighted by molar-refractivity contribution is 5.94. The Hall–Kier alpha value is -1.55. The molecule has 81 valence electrons. The second-order valence-corrected chi connectivity index (χ2v) is 3.52. The molecule has 1 aromatic carbocycles. The molecule has 0 aliphatic carbocycles. The minimum absolute atomic E-state index is 0.0415. The van der Waals surface area contributed by atoms with Crippen LogP contribution in [0.25, 0.3) is 0 Å². The maximum atomic E-state index is 11.5. The van der Waals surface area contributed by atoms with Crippen LogP contribution in [0.5, 0.6) is 5.75 Å². The number of hydrogen-bond donors (Lipinski definition) is 2. The maximum absolute atomic E-state index is 11.5. The van der Waals surface area contributed by atoms with E-state index in [0.717, 1.165) is 6.54 Å². The minimum Gasteiger partial charge on any atom is -0.507 e. The smallest absolute Gasteiger partial charge is 0.251 e. The fraction of sp³-hybridized carbons (Fsp3) is 0.364. The number of amides is 1. The second kappa shape index (κ2) is 5.36. The molecule has 1 radical (unpaired) electrons. The van der Waals surface area contributed by atoms with Crippen molar-refractivity contribution in [1.82, 2.24) is 10.2 Å². The van der Waals surface area contributed by atoms with Gasteiger partial charge in [0, 0.05) is 24.7 Å². The molecular weight excluding hydrogens is 192 g/mol. The van der Waals surface area contributed by atoms with Gasteiger partial charge >= 0.3 is 0 Å². The maximum Gasteiger partial charge on any atom is 0.251 e. The molecule has 1 amide bonds. The Kier molecular flexibility index (Phi) is 4.12. The predicted octanol–water partition coefficient (Wildman–Crippen LogP) is 0.484. The lowest BCUT2D eigenvalue weighted by atomic mass is 10.2. The first-order valence-corrected chi connectivity index (χ1v) is 4.73. The summed E-state index contributed by atoms with van der Waals surface area (Å²) in [5.74, 6) is -0.104. The van der Waals surface area contributed by atoms with Gasteiger partial charge in [0.1, 0.15) is 5.75 Å². The molecule has 0 aliphatic rings. The Bertz CT molecular complexity index is 320. The van der Waals surface area contributed by atoms with Gasteiger partial charge in [0.25, 0.3) is 5.91 Å². The van der Waals surface area contributed by atoms with Crippen molar-refractivity contribution in [2.24, 2.45) is 0 Å². The number of phenols is 1. The van der Waals surface area contributed by atoms with E-state index in [1.807, 2.05) is 19.0 Å². The van der Waals surface area contributed by atoms with Crippen molar-refractivity contribution in [1.29, 1.82) is 0 Å². The zero-order valence-corrected chi connectivity index (χ0v) is 8.95. The highest BCUT2D eigenvalue weighted by atomic mass is 16.3. The van der Waals surface area contributed by atoms with Crippen LogP contribution >= 0.6 is 0 Å². The normalized spacial score (nSPS) is 10.3. The zero-order valence-electron chi connectivity index (χ0n) is 8.95. The van der Waals surface area contributed by atoms with Gasteiger partial charge in [-0.2, -0.15) is 0 Å². The molecule has 4 heteroatoms. The van der Waals surface area contributed by atoms with Crippen molar-refractivity contribution in [3.05, 3.63) is 29.8 Å². The molecule has 0 saturated heterocycles. The molecule has 4 nitrogen and oxygen atoms in total. The second-order valence-electron chi connectivity index (χ2n) is 3.52. The average molecular weight is 207 g/mol. The van der Waals surface area contributed by atoms with E-state index >= 15 is 0 Å². The molecular formula is C11H15N2O2. The fourth-order valence-electron chi connectivity index (χ4n) is 1.05. The van der Waals surface area contributed by atoms with E-state index in [2.05, 4.69) is 11.4 Å². The molecule has 0 atom stereocenters. The summed E-state index contributed by atoms with van der Waals surface area (Å²) in [6, 6.07) is 7.05. The van der Waals surface area contributed by atoms with Gasteiger partial charge in [-0.05, 0) is 32.3 Å². The molecule has 0 heterocycles. The Balaban J connectivity index is 2.43. The minimum atomic E-state index is -0.145. The van der Waals surface area contributed by atoms with Crippen molar-refractivity contribution in [2.45, 2.75) is 0 Å². The van der Waals surface area contributed by atoms with Gasteiger partial charge in [-0.3, -0.25) is 4.79 Å². The number of aromatic hydroxyl groups is 1. The van der Waals surface area contributed by atoms with Crippen LogP contribution in [0.1, 0.15) is 10.4 Å². The highest BCUT2D eigenvalue weighted by Gasteiger charge is 2.04. The van der Waals surface area contributed by atoms with Crippen LogP contribution in [0.2, 0.25) is 0 Å². The summed E-state index contributed by atoms with van der Waals surface area (Å²) >= 11 is 0. The number of phenolic OH excluding ortho intramolecular Hbond substituents is 1. The van der Waals surface area contributed by atoms with Crippen LogP contribution in [-0.2, 0) is 0 Å². The average Bonchev–Trinajstić information content (AvgIpc) is 2.18. The third-order valence-electron chi connectivity index (χ3n) is 1.90. The number of carbonyl (C=O) groups is 1. The van der Waals surface area contributed by atoms with Gasteiger partial charge in [0.15, 0.2) is 0 Å². The van der Waals surface area contributed by atoms with Crippen molar-refractivity contribution in [2.75, 3.05) is 27.2 Å². The van der Waals surface area contributed by atoms with Crippen LogP contribution in [0.3, 0.4) is 0 Å². The van der Waals surface area contributed by atoms with Crippen molar-refractivity contribution < 1.29 is 9.90 Å². The molecule has 0 aliphatic heterocycles. The first-order chi connectivity index (χ1) is 7.09. The van der Waals surface area contributed by atoms with Gasteiger partial charge in [-0.15, -0.1) is 0 Å². The Labute approximate surface area is 89.5 Å². The van der Waals surface area contributed by atoms with E-state index in [0.29, 0.717) is 12.1 Å². The summed E-state index contributed by atoms with van der Waals surface area (Å²) in [4.78, 5) is 13.5. The van der Waals surface area contributed by atoms with Crippen LogP contribution in [0.4, 0.5) is 0 Å². The Morgan fingerprint density at radius 1 is 1.53 bits per heavy atom. The first-order valence-electron chi connectivity index (χ1n) is 4.73. The summed E-state index contributed by atoms with van der Waals surface area (Å²) in [6.07, 6.45) is 0. The van der Waals surface area contributed by atoms with E-state index in [9.17, 15) is 4.79 Å². The molecule has 15 heavy (non-hydrogen) atoms.